The first-order valence-electron chi connectivity index (χ1n) is 9.65. The van der Waals surface area contributed by atoms with E-state index in [9.17, 15) is 31.1 Å². The van der Waals surface area contributed by atoms with Crippen LogP contribution < -0.4 is 4.74 Å². The third-order valence-electron chi connectivity index (χ3n) is 5.18. The second-order valence-corrected chi connectivity index (χ2v) is 7.97. The summed E-state index contributed by atoms with van der Waals surface area (Å²) in [6, 6.07) is 5.27. The number of rotatable bonds is 7. The lowest BCUT2D eigenvalue weighted by Crippen LogP contribution is -2.17. The Hall–Kier alpha value is -2.94. The molecule has 3 rings (SSSR count). The van der Waals surface area contributed by atoms with Gasteiger partial charge in [-0.2, -0.15) is 13.2 Å². The second kappa shape index (κ2) is 9.51. The minimum absolute atomic E-state index is 0.0551. The van der Waals surface area contributed by atoms with Crippen molar-refractivity contribution in [1.82, 2.24) is 0 Å². The van der Waals surface area contributed by atoms with Crippen molar-refractivity contribution in [2.45, 2.75) is 25.4 Å². The SMILES string of the molecule is CC(Cc1cc(F)c(OCC2=C(C(F)(F)F)C=CC2c2ccc(Cl)c(F)c2)c(F)c1)C(=O)O. The molecule has 2 unspecified atom stereocenters. The number of aliphatic carboxylic acids is 1. The summed E-state index contributed by atoms with van der Waals surface area (Å²) in [5, 5.41) is 8.73. The fourth-order valence-corrected chi connectivity index (χ4v) is 3.62. The van der Waals surface area contributed by atoms with Gasteiger partial charge in [-0.05, 0) is 47.4 Å². The van der Waals surface area contributed by atoms with Crippen molar-refractivity contribution in [3.8, 4) is 5.75 Å². The predicted molar refractivity (Wildman–Crippen MR) is 109 cm³/mol. The topological polar surface area (TPSA) is 46.5 Å². The van der Waals surface area contributed by atoms with Gasteiger partial charge < -0.3 is 9.84 Å². The van der Waals surface area contributed by atoms with Gasteiger partial charge in [0.1, 0.15) is 12.4 Å². The largest absolute Gasteiger partial charge is 0.483 e. The zero-order valence-corrected chi connectivity index (χ0v) is 17.8. The Labute approximate surface area is 189 Å². The van der Waals surface area contributed by atoms with Crippen LogP contribution in [0, 0.1) is 23.4 Å². The van der Waals surface area contributed by atoms with Crippen LogP contribution >= 0.6 is 11.6 Å². The number of halogens is 7. The minimum Gasteiger partial charge on any atom is -0.483 e. The normalized spacial score (nSPS) is 16.9. The highest BCUT2D eigenvalue weighted by Crippen LogP contribution is 2.42. The zero-order valence-electron chi connectivity index (χ0n) is 17.0. The Morgan fingerprint density at radius 2 is 1.76 bits per heavy atom. The Morgan fingerprint density at radius 3 is 2.30 bits per heavy atom. The van der Waals surface area contributed by atoms with E-state index in [4.69, 9.17) is 21.4 Å². The molecular weight excluding hydrogens is 474 g/mol. The average molecular weight is 491 g/mol. The maximum atomic E-state index is 14.5. The van der Waals surface area contributed by atoms with E-state index in [0.717, 1.165) is 24.3 Å². The van der Waals surface area contributed by atoms with Gasteiger partial charge in [0.05, 0.1) is 16.5 Å². The molecule has 2 aromatic carbocycles. The molecule has 0 saturated carbocycles. The van der Waals surface area contributed by atoms with Crippen molar-refractivity contribution in [3.05, 3.63) is 87.2 Å². The first kappa shape index (κ1) is 24.7. The molecule has 0 saturated heterocycles. The molecule has 0 aromatic heterocycles. The fraction of sp³-hybridized carbons (Fsp3) is 0.261. The predicted octanol–water partition coefficient (Wildman–Crippen LogP) is 6.61. The van der Waals surface area contributed by atoms with Gasteiger partial charge in [-0.3, -0.25) is 4.79 Å². The first-order valence-corrected chi connectivity index (χ1v) is 10.0. The highest BCUT2D eigenvalue weighted by atomic mass is 35.5. The van der Waals surface area contributed by atoms with Crippen molar-refractivity contribution < 1.29 is 41.0 Å². The van der Waals surface area contributed by atoms with E-state index in [2.05, 4.69) is 0 Å². The summed E-state index contributed by atoms with van der Waals surface area (Å²) < 4.78 is 88.4. The zero-order chi connectivity index (χ0) is 24.5. The number of hydrogen-bond donors (Lipinski definition) is 1. The van der Waals surface area contributed by atoms with E-state index in [1.165, 1.54) is 25.1 Å². The lowest BCUT2D eigenvalue weighted by atomic mass is 9.92. The number of hydrogen-bond acceptors (Lipinski definition) is 2. The molecule has 0 radical (unpaired) electrons. The lowest BCUT2D eigenvalue weighted by molar-refractivity contribution is -0.141. The van der Waals surface area contributed by atoms with Crippen molar-refractivity contribution in [3.63, 3.8) is 0 Å². The van der Waals surface area contributed by atoms with Gasteiger partial charge in [-0.25, -0.2) is 13.2 Å². The summed E-state index contributed by atoms with van der Waals surface area (Å²) >= 11 is 5.64. The molecule has 33 heavy (non-hydrogen) atoms. The Bertz CT molecular complexity index is 1120. The Balaban J connectivity index is 1.89. The van der Waals surface area contributed by atoms with Gasteiger partial charge in [-0.15, -0.1) is 0 Å². The molecule has 2 aromatic rings. The molecular formula is C23H17ClF6O3. The molecule has 0 bridgehead atoms. The molecule has 0 spiro atoms. The second-order valence-electron chi connectivity index (χ2n) is 7.57. The standard InChI is InChI=1S/C23H17ClF6O3/c1-11(22(31)32)6-12-7-19(26)21(20(27)8-12)33-10-15-14(3-4-16(15)23(28,29)30)13-2-5-17(24)18(25)9-13/h2-5,7-9,11,14H,6,10H2,1H3,(H,31,32). The maximum absolute atomic E-state index is 14.5. The summed E-state index contributed by atoms with van der Waals surface area (Å²) in [5.41, 5.74) is -1.20. The van der Waals surface area contributed by atoms with Gasteiger partial charge >= 0.3 is 12.1 Å². The highest BCUT2D eigenvalue weighted by molar-refractivity contribution is 6.30. The summed E-state index contributed by atoms with van der Waals surface area (Å²) in [5.74, 6) is -7.19. The van der Waals surface area contributed by atoms with Gasteiger partial charge in [0.25, 0.3) is 0 Å². The van der Waals surface area contributed by atoms with Crippen LogP contribution in [0.5, 0.6) is 5.75 Å². The van der Waals surface area contributed by atoms with Crippen LogP contribution in [0.25, 0.3) is 0 Å². The maximum Gasteiger partial charge on any atom is 0.416 e. The molecule has 1 N–H and O–H groups in total. The van der Waals surface area contributed by atoms with Crippen LogP contribution in [-0.4, -0.2) is 23.9 Å². The van der Waals surface area contributed by atoms with Crippen LogP contribution in [0.1, 0.15) is 24.0 Å². The van der Waals surface area contributed by atoms with Crippen LogP contribution in [-0.2, 0) is 11.2 Å². The van der Waals surface area contributed by atoms with Crippen LogP contribution in [0.2, 0.25) is 5.02 Å². The molecule has 3 nitrogen and oxygen atoms in total. The van der Waals surface area contributed by atoms with Crippen molar-refractivity contribution in [2.24, 2.45) is 5.92 Å². The van der Waals surface area contributed by atoms with Crippen LogP contribution in [0.4, 0.5) is 26.3 Å². The van der Waals surface area contributed by atoms with Crippen LogP contribution in [0.3, 0.4) is 0 Å². The summed E-state index contributed by atoms with van der Waals surface area (Å²) in [6.07, 6.45) is -2.93. The third kappa shape index (κ3) is 5.52. The Morgan fingerprint density at radius 1 is 1.12 bits per heavy atom. The van der Waals surface area contributed by atoms with E-state index in [0.29, 0.717) is 0 Å². The summed E-state index contributed by atoms with van der Waals surface area (Å²) in [4.78, 5) is 10.9. The van der Waals surface area contributed by atoms with Crippen molar-refractivity contribution in [1.29, 1.82) is 0 Å². The van der Waals surface area contributed by atoms with Gasteiger partial charge in [0, 0.05) is 5.92 Å². The number of benzene rings is 2. The number of carboxylic acids is 1. The third-order valence-corrected chi connectivity index (χ3v) is 5.48. The van der Waals surface area contributed by atoms with E-state index in [1.807, 2.05) is 0 Å². The summed E-state index contributed by atoms with van der Waals surface area (Å²) in [6.45, 7) is 0.538. The van der Waals surface area contributed by atoms with Gasteiger partial charge in [0.15, 0.2) is 17.4 Å². The quantitative estimate of drug-likeness (QED) is 0.444. The number of carboxylic acid groups (broad SMARTS) is 1. The van der Waals surface area contributed by atoms with Crippen LogP contribution in [0.15, 0.2) is 53.6 Å². The molecule has 0 fully saturated rings. The van der Waals surface area contributed by atoms with E-state index >= 15 is 0 Å². The van der Waals surface area contributed by atoms with Crippen molar-refractivity contribution in [2.75, 3.05) is 6.61 Å². The van der Waals surface area contributed by atoms with E-state index in [-0.39, 0.29) is 28.1 Å². The smallest absolute Gasteiger partial charge is 0.416 e. The number of ether oxygens (including phenoxy) is 1. The Kier molecular flexibility index (Phi) is 7.11. The fourth-order valence-electron chi connectivity index (χ4n) is 3.50. The number of allylic oxidation sites excluding steroid dienone is 3. The molecule has 2 atom stereocenters. The number of carbonyl (C=O) groups is 1. The summed E-state index contributed by atoms with van der Waals surface area (Å²) in [7, 11) is 0. The molecule has 0 aliphatic heterocycles. The molecule has 0 amide bonds. The molecule has 10 heteroatoms. The van der Waals surface area contributed by atoms with Gasteiger partial charge in [0.2, 0.25) is 0 Å². The molecule has 0 heterocycles. The molecule has 1 aliphatic carbocycles. The van der Waals surface area contributed by atoms with E-state index < -0.39 is 59.4 Å². The number of alkyl halides is 3. The highest BCUT2D eigenvalue weighted by Gasteiger charge is 2.39. The lowest BCUT2D eigenvalue weighted by Gasteiger charge is -2.19. The minimum atomic E-state index is -4.77. The monoisotopic (exact) mass is 490 g/mol. The molecule has 1 aliphatic rings. The average Bonchev–Trinajstić information content (AvgIpc) is 3.13. The van der Waals surface area contributed by atoms with Gasteiger partial charge in [-0.1, -0.05) is 36.7 Å². The first-order chi connectivity index (χ1) is 15.4. The van der Waals surface area contributed by atoms with Crippen molar-refractivity contribution >= 4 is 17.6 Å². The van der Waals surface area contributed by atoms with E-state index in [1.54, 1.807) is 0 Å². The molecule has 176 valence electrons.